The van der Waals surface area contributed by atoms with Crippen molar-refractivity contribution in [3.05, 3.63) is 12.2 Å². The van der Waals surface area contributed by atoms with Gasteiger partial charge in [-0.15, -0.1) is 11.6 Å². The Balaban J connectivity index is 2.96. The predicted octanol–water partition coefficient (Wildman–Crippen LogP) is 5.70. The highest BCUT2D eigenvalue weighted by Gasteiger charge is 1.88. The molecule has 0 aromatic rings. The second kappa shape index (κ2) is 14.0. The molecule has 0 rings (SSSR count). The quantitative estimate of drug-likeness (QED) is 0.243. The summed E-state index contributed by atoms with van der Waals surface area (Å²) in [5.41, 5.74) is 0. The number of alkyl halides is 1. The minimum absolute atomic E-state index is 0.811. The van der Waals surface area contributed by atoms with E-state index in [1.165, 1.54) is 57.8 Å². The molecule has 1 heteroatoms. The molecule has 0 aromatic carbocycles. The van der Waals surface area contributed by atoms with Crippen LogP contribution in [0.4, 0.5) is 0 Å². The first-order valence-electron chi connectivity index (χ1n) is 6.62. The summed E-state index contributed by atoms with van der Waals surface area (Å²) < 4.78 is 0. The summed E-state index contributed by atoms with van der Waals surface area (Å²) in [4.78, 5) is 0. The number of halogens is 1. The van der Waals surface area contributed by atoms with E-state index in [2.05, 4.69) is 19.1 Å². The molecule has 0 unspecified atom stereocenters. The third kappa shape index (κ3) is 14.0. The highest BCUT2D eigenvalue weighted by molar-refractivity contribution is 6.17. The SMILES string of the molecule is CCCCCCCCC=CCCCCCl. The first-order valence-corrected chi connectivity index (χ1v) is 7.16. The van der Waals surface area contributed by atoms with Gasteiger partial charge < -0.3 is 0 Å². The van der Waals surface area contributed by atoms with Crippen LogP contribution in [0.2, 0.25) is 0 Å². The monoisotopic (exact) mass is 230 g/mol. The minimum Gasteiger partial charge on any atom is -0.127 e. The summed E-state index contributed by atoms with van der Waals surface area (Å²) in [6.07, 6.45) is 17.9. The molecule has 0 aliphatic carbocycles. The Hall–Kier alpha value is 0.0300. The predicted molar refractivity (Wildman–Crippen MR) is 71.7 cm³/mol. The van der Waals surface area contributed by atoms with E-state index in [1.54, 1.807) is 0 Å². The lowest BCUT2D eigenvalue weighted by Crippen LogP contribution is -1.78. The van der Waals surface area contributed by atoms with Crippen molar-refractivity contribution in [2.75, 3.05) is 5.88 Å². The molecule has 90 valence electrons. The maximum Gasteiger partial charge on any atom is 0.0223 e. The van der Waals surface area contributed by atoms with E-state index < -0.39 is 0 Å². The van der Waals surface area contributed by atoms with Gasteiger partial charge in [-0.3, -0.25) is 0 Å². The molecule has 0 aliphatic rings. The third-order valence-electron chi connectivity index (χ3n) is 2.65. The molecule has 0 atom stereocenters. The van der Waals surface area contributed by atoms with Gasteiger partial charge in [0.25, 0.3) is 0 Å². The van der Waals surface area contributed by atoms with Crippen molar-refractivity contribution < 1.29 is 0 Å². The zero-order chi connectivity index (χ0) is 11.2. The van der Waals surface area contributed by atoms with Gasteiger partial charge in [0.2, 0.25) is 0 Å². The lowest BCUT2D eigenvalue weighted by molar-refractivity contribution is 0.611. The summed E-state index contributed by atoms with van der Waals surface area (Å²) in [5, 5.41) is 0. The summed E-state index contributed by atoms with van der Waals surface area (Å²) in [5.74, 6) is 0.811. The van der Waals surface area contributed by atoms with Gasteiger partial charge in [0, 0.05) is 5.88 Å². The molecular formula is C14H27Cl. The van der Waals surface area contributed by atoms with Crippen LogP contribution in [0.5, 0.6) is 0 Å². The van der Waals surface area contributed by atoms with Gasteiger partial charge in [-0.2, -0.15) is 0 Å². The molecular weight excluding hydrogens is 204 g/mol. The fraction of sp³-hybridized carbons (Fsp3) is 0.857. The molecule has 0 spiro atoms. The number of hydrogen-bond acceptors (Lipinski definition) is 0. The van der Waals surface area contributed by atoms with E-state index in [0.717, 1.165) is 12.3 Å². The minimum atomic E-state index is 0.811. The number of hydrogen-bond donors (Lipinski definition) is 0. The number of unbranched alkanes of at least 4 members (excludes halogenated alkanes) is 8. The standard InChI is InChI=1S/C14H27Cl/c1-2-3-4-5-6-7-8-9-10-11-12-13-14-15/h9-10H,2-8,11-14H2,1H3. The van der Waals surface area contributed by atoms with Crippen LogP contribution in [-0.4, -0.2) is 5.88 Å². The first kappa shape index (κ1) is 15.0. The number of rotatable bonds is 11. The summed E-state index contributed by atoms with van der Waals surface area (Å²) in [7, 11) is 0. The van der Waals surface area contributed by atoms with Crippen LogP contribution in [0, 0.1) is 0 Å². The first-order chi connectivity index (χ1) is 7.41. The van der Waals surface area contributed by atoms with Crippen LogP contribution in [0.15, 0.2) is 12.2 Å². The second-order valence-corrected chi connectivity index (χ2v) is 4.59. The highest BCUT2D eigenvalue weighted by Crippen LogP contribution is 2.07. The van der Waals surface area contributed by atoms with Gasteiger partial charge in [0.05, 0.1) is 0 Å². The lowest BCUT2D eigenvalue weighted by atomic mass is 10.1. The van der Waals surface area contributed by atoms with Gasteiger partial charge in [0.15, 0.2) is 0 Å². The van der Waals surface area contributed by atoms with Crippen molar-refractivity contribution in [3.63, 3.8) is 0 Å². The fourth-order valence-corrected chi connectivity index (χ4v) is 1.82. The number of allylic oxidation sites excluding steroid dienone is 2. The van der Waals surface area contributed by atoms with Gasteiger partial charge in [-0.05, 0) is 32.1 Å². The Bertz CT molecular complexity index is 129. The lowest BCUT2D eigenvalue weighted by Gasteiger charge is -1.97. The van der Waals surface area contributed by atoms with E-state index >= 15 is 0 Å². The Morgan fingerprint density at radius 3 is 1.87 bits per heavy atom. The van der Waals surface area contributed by atoms with Crippen LogP contribution >= 0.6 is 11.6 Å². The van der Waals surface area contributed by atoms with Crippen molar-refractivity contribution in [1.82, 2.24) is 0 Å². The maximum absolute atomic E-state index is 5.60. The zero-order valence-corrected chi connectivity index (χ0v) is 11.1. The Kier molecular flexibility index (Phi) is 14.1. The molecule has 0 nitrogen and oxygen atoms in total. The van der Waals surface area contributed by atoms with E-state index in [1.807, 2.05) is 0 Å². The molecule has 0 amide bonds. The summed E-state index contributed by atoms with van der Waals surface area (Å²) in [6.45, 7) is 2.27. The van der Waals surface area contributed by atoms with Gasteiger partial charge in [-0.1, -0.05) is 51.2 Å². The average Bonchev–Trinajstić information content (AvgIpc) is 2.26. The summed E-state index contributed by atoms with van der Waals surface area (Å²) in [6, 6.07) is 0. The zero-order valence-electron chi connectivity index (χ0n) is 10.3. The Morgan fingerprint density at radius 2 is 1.27 bits per heavy atom. The van der Waals surface area contributed by atoms with E-state index in [4.69, 9.17) is 11.6 Å². The smallest absolute Gasteiger partial charge is 0.0223 e. The molecule has 0 aliphatic heterocycles. The third-order valence-corrected chi connectivity index (χ3v) is 2.91. The van der Waals surface area contributed by atoms with Crippen LogP contribution in [0.1, 0.15) is 71.1 Å². The van der Waals surface area contributed by atoms with Crippen molar-refractivity contribution >= 4 is 11.6 Å². The molecule has 0 radical (unpaired) electrons. The van der Waals surface area contributed by atoms with Crippen LogP contribution in [-0.2, 0) is 0 Å². The fourth-order valence-electron chi connectivity index (χ4n) is 1.63. The molecule has 0 saturated carbocycles. The summed E-state index contributed by atoms with van der Waals surface area (Å²) >= 11 is 5.60. The average molecular weight is 231 g/mol. The van der Waals surface area contributed by atoms with Crippen LogP contribution in [0.3, 0.4) is 0 Å². The van der Waals surface area contributed by atoms with E-state index in [9.17, 15) is 0 Å². The Labute approximate surface area is 101 Å². The molecule has 0 fully saturated rings. The van der Waals surface area contributed by atoms with Gasteiger partial charge in [-0.25, -0.2) is 0 Å². The topological polar surface area (TPSA) is 0 Å². The van der Waals surface area contributed by atoms with Crippen molar-refractivity contribution in [3.8, 4) is 0 Å². The normalized spacial score (nSPS) is 11.3. The van der Waals surface area contributed by atoms with Crippen LogP contribution < -0.4 is 0 Å². The van der Waals surface area contributed by atoms with Gasteiger partial charge in [0.1, 0.15) is 0 Å². The molecule has 0 aromatic heterocycles. The van der Waals surface area contributed by atoms with E-state index in [0.29, 0.717) is 0 Å². The van der Waals surface area contributed by atoms with Crippen molar-refractivity contribution in [1.29, 1.82) is 0 Å². The maximum atomic E-state index is 5.60. The second-order valence-electron chi connectivity index (χ2n) is 4.21. The van der Waals surface area contributed by atoms with Crippen molar-refractivity contribution in [2.24, 2.45) is 0 Å². The largest absolute Gasteiger partial charge is 0.127 e. The molecule has 0 saturated heterocycles. The molecule has 0 N–H and O–H groups in total. The van der Waals surface area contributed by atoms with E-state index in [-0.39, 0.29) is 0 Å². The van der Waals surface area contributed by atoms with Crippen molar-refractivity contribution in [2.45, 2.75) is 71.1 Å². The van der Waals surface area contributed by atoms with Crippen LogP contribution in [0.25, 0.3) is 0 Å². The Morgan fingerprint density at radius 1 is 0.733 bits per heavy atom. The molecule has 0 bridgehead atoms. The molecule has 0 heterocycles. The van der Waals surface area contributed by atoms with Gasteiger partial charge >= 0.3 is 0 Å². The highest BCUT2D eigenvalue weighted by atomic mass is 35.5. The molecule has 15 heavy (non-hydrogen) atoms.